The Balaban J connectivity index is 1.69. The number of fused-ring (bicyclic) bond motifs is 3. The van der Waals surface area contributed by atoms with Crippen molar-refractivity contribution in [3.63, 3.8) is 0 Å². The number of rotatable bonds is 3. The number of ether oxygens (including phenoxy) is 1. The molecular weight excluding hydrogens is 353 g/mol. The SMILES string of the molecule is CC(C)Oc1ccc([C@@H]2Nc3c(Cl)cc(Cl)cc3[C@@H]3C=CC[C@@H]32)cc1. The van der Waals surface area contributed by atoms with Gasteiger partial charge in [0.1, 0.15) is 5.75 Å². The fourth-order valence-corrected chi connectivity index (χ4v) is 4.54. The molecule has 4 rings (SSSR count). The van der Waals surface area contributed by atoms with Crippen LogP contribution in [0.4, 0.5) is 5.69 Å². The first-order chi connectivity index (χ1) is 12.0. The summed E-state index contributed by atoms with van der Waals surface area (Å²) in [5, 5.41) is 5.05. The molecule has 0 spiro atoms. The summed E-state index contributed by atoms with van der Waals surface area (Å²) in [6, 6.07) is 12.5. The normalized spacial score (nSPS) is 24.0. The van der Waals surface area contributed by atoms with Gasteiger partial charge in [0.25, 0.3) is 0 Å². The van der Waals surface area contributed by atoms with Gasteiger partial charge in [-0.05, 0) is 61.6 Å². The van der Waals surface area contributed by atoms with Gasteiger partial charge in [-0.3, -0.25) is 0 Å². The van der Waals surface area contributed by atoms with Crippen LogP contribution in [0.1, 0.15) is 43.4 Å². The average Bonchev–Trinajstić information content (AvgIpc) is 3.04. The van der Waals surface area contributed by atoms with Gasteiger partial charge in [-0.2, -0.15) is 0 Å². The Labute approximate surface area is 158 Å². The molecule has 2 aromatic carbocycles. The molecule has 1 aliphatic carbocycles. The van der Waals surface area contributed by atoms with Crippen molar-refractivity contribution in [3.8, 4) is 5.75 Å². The molecule has 1 aliphatic heterocycles. The minimum Gasteiger partial charge on any atom is -0.491 e. The topological polar surface area (TPSA) is 21.3 Å². The van der Waals surface area contributed by atoms with Gasteiger partial charge in [0.2, 0.25) is 0 Å². The molecule has 2 aromatic rings. The van der Waals surface area contributed by atoms with E-state index in [1.165, 1.54) is 11.1 Å². The quantitative estimate of drug-likeness (QED) is 0.611. The summed E-state index contributed by atoms with van der Waals surface area (Å²) >= 11 is 12.7. The minimum atomic E-state index is 0.178. The summed E-state index contributed by atoms with van der Waals surface area (Å²) in [6.45, 7) is 4.07. The summed E-state index contributed by atoms with van der Waals surface area (Å²) in [5.41, 5.74) is 3.46. The summed E-state index contributed by atoms with van der Waals surface area (Å²) < 4.78 is 5.76. The Morgan fingerprint density at radius 2 is 1.88 bits per heavy atom. The summed E-state index contributed by atoms with van der Waals surface area (Å²) in [5.74, 6) is 1.73. The molecule has 0 aromatic heterocycles. The first-order valence-corrected chi connectivity index (χ1v) is 9.47. The van der Waals surface area contributed by atoms with Crippen LogP contribution in [-0.2, 0) is 0 Å². The maximum absolute atomic E-state index is 6.48. The maximum atomic E-state index is 6.48. The zero-order valence-corrected chi connectivity index (χ0v) is 15.8. The van der Waals surface area contributed by atoms with Gasteiger partial charge >= 0.3 is 0 Å². The van der Waals surface area contributed by atoms with E-state index in [9.17, 15) is 0 Å². The first-order valence-electron chi connectivity index (χ1n) is 8.71. The molecule has 130 valence electrons. The van der Waals surface area contributed by atoms with Crippen molar-refractivity contribution in [3.05, 3.63) is 69.7 Å². The van der Waals surface area contributed by atoms with Crippen molar-refractivity contribution >= 4 is 28.9 Å². The van der Waals surface area contributed by atoms with E-state index in [0.29, 0.717) is 21.9 Å². The third kappa shape index (κ3) is 3.14. The third-order valence-electron chi connectivity index (χ3n) is 5.00. The van der Waals surface area contributed by atoms with E-state index in [2.05, 4.69) is 29.6 Å². The molecule has 0 saturated carbocycles. The number of anilines is 1. The van der Waals surface area contributed by atoms with Crippen LogP contribution in [0.15, 0.2) is 48.6 Å². The number of allylic oxidation sites excluding steroid dienone is 2. The number of hydrogen-bond acceptors (Lipinski definition) is 2. The fourth-order valence-electron chi connectivity index (χ4n) is 3.98. The molecule has 0 fully saturated rings. The Kier molecular flexibility index (Phi) is 4.43. The molecule has 1 N–H and O–H groups in total. The zero-order chi connectivity index (χ0) is 17.6. The smallest absolute Gasteiger partial charge is 0.119 e. The predicted molar refractivity (Wildman–Crippen MR) is 105 cm³/mol. The molecule has 0 amide bonds. The van der Waals surface area contributed by atoms with Gasteiger partial charge in [0.05, 0.1) is 22.9 Å². The van der Waals surface area contributed by atoms with Crippen LogP contribution in [0.25, 0.3) is 0 Å². The fraction of sp³-hybridized carbons (Fsp3) is 0.333. The van der Waals surface area contributed by atoms with Crippen LogP contribution in [-0.4, -0.2) is 6.10 Å². The first kappa shape index (κ1) is 16.8. The zero-order valence-electron chi connectivity index (χ0n) is 14.3. The van der Waals surface area contributed by atoms with E-state index in [0.717, 1.165) is 17.9 Å². The highest BCUT2D eigenvalue weighted by Gasteiger charge is 2.38. The monoisotopic (exact) mass is 373 g/mol. The average molecular weight is 374 g/mol. The predicted octanol–water partition coefficient (Wildman–Crippen LogP) is 6.61. The van der Waals surface area contributed by atoms with Crippen LogP contribution >= 0.6 is 23.2 Å². The molecule has 2 aliphatic rings. The standard InChI is InChI=1S/C21H21Cl2NO/c1-12(2)25-15-8-6-13(7-9-15)20-17-5-3-4-16(17)18-10-14(22)11-19(23)21(18)24-20/h3-4,6-12,16-17,20,24H,5H2,1-2H3/t16-,17+,20+/m1/s1. The lowest BCUT2D eigenvalue weighted by molar-refractivity contribution is 0.242. The molecule has 0 saturated heterocycles. The third-order valence-corrected chi connectivity index (χ3v) is 5.51. The second-order valence-electron chi connectivity index (χ2n) is 7.06. The number of hydrogen-bond donors (Lipinski definition) is 1. The number of halogens is 2. The van der Waals surface area contributed by atoms with E-state index < -0.39 is 0 Å². The maximum Gasteiger partial charge on any atom is 0.119 e. The van der Waals surface area contributed by atoms with Gasteiger partial charge in [-0.1, -0.05) is 47.5 Å². The molecular formula is C21H21Cl2NO. The van der Waals surface area contributed by atoms with Crippen molar-refractivity contribution in [2.45, 2.75) is 38.3 Å². The Hall–Kier alpha value is -1.64. The van der Waals surface area contributed by atoms with Gasteiger partial charge in [0, 0.05) is 10.9 Å². The van der Waals surface area contributed by atoms with Crippen LogP contribution in [0.5, 0.6) is 5.75 Å². The van der Waals surface area contributed by atoms with Crippen molar-refractivity contribution in [2.75, 3.05) is 5.32 Å². The van der Waals surface area contributed by atoms with Gasteiger partial charge < -0.3 is 10.1 Å². The van der Waals surface area contributed by atoms with Crippen LogP contribution in [0.2, 0.25) is 10.0 Å². The van der Waals surface area contributed by atoms with E-state index >= 15 is 0 Å². The van der Waals surface area contributed by atoms with Gasteiger partial charge in [-0.25, -0.2) is 0 Å². The molecule has 2 nitrogen and oxygen atoms in total. The van der Waals surface area contributed by atoms with Crippen LogP contribution in [0, 0.1) is 5.92 Å². The van der Waals surface area contributed by atoms with E-state index in [1.807, 2.05) is 38.1 Å². The molecule has 0 bridgehead atoms. The second kappa shape index (κ2) is 6.59. The van der Waals surface area contributed by atoms with Crippen molar-refractivity contribution < 1.29 is 4.74 Å². The molecule has 0 radical (unpaired) electrons. The highest BCUT2D eigenvalue weighted by molar-refractivity contribution is 6.36. The second-order valence-corrected chi connectivity index (χ2v) is 7.91. The minimum absolute atomic E-state index is 0.178. The lowest BCUT2D eigenvalue weighted by Gasteiger charge is -2.38. The number of nitrogens with one attached hydrogen (secondary N) is 1. The lowest BCUT2D eigenvalue weighted by atomic mass is 9.77. The summed E-state index contributed by atoms with van der Waals surface area (Å²) in [6.07, 6.45) is 5.79. The molecule has 25 heavy (non-hydrogen) atoms. The van der Waals surface area contributed by atoms with E-state index in [1.54, 1.807) is 0 Å². The van der Waals surface area contributed by atoms with E-state index in [-0.39, 0.29) is 12.1 Å². The van der Waals surface area contributed by atoms with Crippen LogP contribution in [0.3, 0.4) is 0 Å². The van der Waals surface area contributed by atoms with Gasteiger partial charge in [0.15, 0.2) is 0 Å². The Morgan fingerprint density at radius 1 is 1.12 bits per heavy atom. The summed E-state index contributed by atoms with van der Waals surface area (Å²) in [7, 11) is 0. The lowest BCUT2D eigenvalue weighted by Crippen LogP contribution is -2.29. The van der Waals surface area contributed by atoms with Crippen molar-refractivity contribution in [2.24, 2.45) is 5.92 Å². The van der Waals surface area contributed by atoms with Crippen LogP contribution < -0.4 is 10.1 Å². The summed E-state index contributed by atoms with van der Waals surface area (Å²) in [4.78, 5) is 0. The number of benzene rings is 2. The molecule has 3 atom stereocenters. The van der Waals surface area contributed by atoms with Gasteiger partial charge in [-0.15, -0.1) is 0 Å². The molecule has 1 heterocycles. The Morgan fingerprint density at radius 3 is 2.60 bits per heavy atom. The highest BCUT2D eigenvalue weighted by Crippen LogP contribution is 2.52. The molecule has 4 heteroatoms. The Bertz CT molecular complexity index is 813. The molecule has 0 unspecified atom stereocenters. The van der Waals surface area contributed by atoms with Crippen molar-refractivity contribution in [1.82, 2.24) is 0 Å². The van der Waals surface area contributed by atoms with Crippen molar-refractivity contribution in [1.29, 1.82) is 0 Å². The largest absolute Gasteiger partial charge is 0.491 e. The van der Waals surface area contributed by atoms with E-state index in [4.69, 9.17) is 27.9 Å². The highest BCUT2D eigenvalue weighted by atomic mass is 35.5.